The SMILES string of the molecule is c1ccc(-c2c3oc4ccc(-n5c6ccccc6c6ccccc65)cc4c3c(-c3ccccc3)c3c2oc2ccc(-n4c5ccccc5c5ccccc54)cc23)cc1. The lowest BCUT2D eigenvalue weighted by Crippen LogP contribution is -1.94. The summed E-state index contributed by atoms with van der Waals surface area (Å²) in [6, 6.07) is 69.3. The average Bonchev–Trinajstić information content (AvgIpc) is 4.04. The predicted octanol–water partition coefficient (Wildman–Crippen LogP) is 15.0. The third-order valence-electron chi connectivity index (χ3n) is 12.1. The van der Waals surface area contributed by atoms with E-state index in [9.17, 15) is 0 Å². The topological polar surface area (TPSA) is 36.1 Å². The zero-order valence-corrected chi connectivity index (χ0v) is 31.2. The molecule has 0 saturated heterocycles. The molecule has 0 saturated carbocycles. The number of benzene rings is 9. The van der Waals surface area contributed by atoms with E-state index in [0.29, 0.717) is 0 Å². The third-order valence-corrected chi connectivity index (χ3v) is 12.1. The smallest absolute Gasteiger partial charge is 0.147 e. The van der Waals surface area contributed by atoms with Crippen LogP contribution in [0.25, 0.3) is 121 Å². The van der Waals surface area contributed by atoms with Crippen LogP contribution in [-0.4, -0.2) is 9.13 Å². The first-order valence-electron chi connectivity index (χ1n) is 19.8. The molecule has 9 aromatic carbocycles. The maximum Gasteiger partial charge on any atom is 0.147 e. The molecule has 0 amide bonds. The van der Waals surface area contributed by atoms with Crippen LogP contribution in [0.4, 0.5) is 0 Å². The molecule has 4 aromatic heterocycles. The monoisotopic (exact) mass is 740 g/mol. The number of nitrogens with zero attached hydrogens (tertiary/aromatic N) is 2. The summed E-state index contributed by atoms with van der Waals surface area (Å²) in [6.45, 7) is 0. The van der Waals surface area contributed by atoms with Crippen molar-refractivity contribution < 1.29 is 8.83 Å². The second-order valence-corrected chi connectivity index (χ2v) is 15.2. The maximum absolute atomic E-state index is 7.06. The Morgan fingerprint density at radius 2 is 0.638 bits per heavy atom. The Balaban J connectivity index is 1.20. The average molecular weight is 741 g/mol. The molecule has 0 aliphatic heterocycles. The van der Waals surface area contributed by atoms with Gasteiger partial charge in [0.1, 0.15) is 22.3 Å². The van der Waals surface area contributed by atoms with Crippen molar-refractivity contribution in [1.29, 1.82) is 0 Å². The molecule has 0 bridgehead atoms. The van der Waals surface area contributed by atoms with Gasteiger partial charge in [-0.2, -0.15) is 0 Å². The number of furan rings is 2. The van der Waals surface area contributed by atoms with Crippen molar-refractivity contribution in [1.82, 2.24) is 9.13 Å². The molecule has 4 nitrogen and oxygen atoms in total. The van der Waals surface area contributed by atoms with Crippen molar-refractivity contribution in [3.63, 3.8) is 0 Å². The van der Waals surface area contributed by atoms with Crippen LogP contribution in [0.2, 0.25) is 0 Å². The van der Waals surface area contributed by atoms with Crippen LogP contribution in [0.15, 0.2) is 203 Å². The van der Waals surface area contributed by atoms with Gasteiger partial charge in [-0.05, 0) is 71.8 Å². The largest absolute Gasteiger partial charge is 0.455 e. The molecule has 0 aliphatic carbocycles. The van der Waals surface area contributed by atoms with Gasteiger partial charge in [-0.25, -0.2) is 0 Å². The zero-order chi connectivity index (χ0) is 37.9. The fourth-order valence-corrected chi connectivity index (χ4v) is 9.69. The maximum atomic E-state index is 7.06. The first-order valence-corrected chi connectivity index (χ1v) is 19.8. The summed E-state index contributed by atoms with van der Waals surface area (Å²) in [5.74, 6) is 0. The fourth-order valence-electron chi connectivity index (χ4n) is 9.69. The summed E-state index contributed by atoms with van der Waals surface area (Å²) in [6.07, 6.45) is 0. The van der Waals surface area contributed by atoms with Gasteiger partial charge in [0.2, 0.25) is 0 Å². The van der Waals surface area contributed by atoms with Crippen molar-refractivity contribution in [2.45, 2.75) is 0 Å². The fraction of sp³-hybridized carbons (Fsp3) is 0. The van der Waals surface area contributed by atoms with Crippen LogP contribution in [0.3, 0.4) is 0 Å². The standard InChI is InChI=1S/C54H32N2O2/c1-3-15-33(16-4-1)49-51-41-31-35(55-43-23-11-7-19-37(43)38-20-8-12-24-44(38)55)27-29-47(41)57-53(51)50(34-17-5-2-6-18-34)54-52(49)42-32-36(28-30-48(42)58-54)56-45-25-13-9-21-39(45)40-22-10-14-26-46(40)56/h1-32H. The van der Waals surface area contributed by atoms with Crippen LogP contribution in [0, 0.1) is 0 Å². The highest BCUT2D eigenvalue weighted by Gasteiger charge is 2.27. The van der Waals surface area contributed by atoms with Gasteiger partial charge in [0, 0.05) is 60.0 Å². The van der Waals surface area contributed by atoms with Gasteiger partial charge >= 0.3 is 0 Å². The number of fused-ring (bicyclic) bond motifs is 12. The normalized spacial score (nSPS) is 12.1. The van der Waals surface area contributed by atoms with E-state index in [2.05, 4.69) is 203 Å². The van der Waals surface area contributed by atoms with Gasteiger partial charge in [-0.15, -0.1) is 0 Å². The molecule has 270 valence electrons. The highest BCUT2D eigenvalue weighted by atomic mass is 16.3. The summed E-state index contributed by atoms with van der Waals surface area (Å²) in [5.41, 5.74) is 14.3. The lowest BCUT2D eigenvalue weighted by Gasteiger charge is -2.12. The summed E-state index contributed by atoms with van der Waals surface area (Å²) in [4.78, 5) is 0. The summed E-state index contributed by atoms with van der Waals surface area (Å²) >= 11 is 0. The van der Waals surface area contributed by atoms with E-state index in [1.807, 2.05) is 0 Å². The van der Waals surface area contributed by atoms with Gasteiger partial charge in [0.05, 0.1) is 27.6 Å². The van der Waals surface area contributed by atoms with Crippen LogP contribution >= 0.6 is 0 Å². The minimum Gasteiger partial charge on any atom is -0.455 e. The lowest BCUT2D eigenvalue weighted by molar-refractivity contribution is 0.658. The third kappa shape index (κ3) is 4.29. The molecule has 4 heterocycles. The molecular formula is C54H32N2O2. The molecule has 13 rings (SSSR count). The highest BCUT2D eigenvalue weighted by molar-refractivity contribution is 6.30. The van der Waals surface area contributed by atoms with Gasteiger partial charge < -0.3 is 18.0 Å². The predicted molar refractivity (Wildman–Crippen MR) is 241 cm³/mol. The Bertz CT molecular complexity index is 3470. The van der Waals surface area contributed by atoms with E-state index < -0.39 is 0 Å². The number of aromatic nitrogens is 2. The lowest BCUT2D eigenvalue weighted by atomic mass is 9.90. The van der Waals surface area contributed by atoms with Crippen molar-refractivity contribution in [2.75, 3.05) is 0 Å². The zero-order valence-electron chi connectivity index (χ0n) is 31.2. The van der Waals surface area contributed by atoms with E-state index in [1.165, 1.54) is 43.6 Å². The Kier molecular flexibility index (Phi) is 6.41. The highest BCUT2D eigenvalue weighted by Crippen LogP contribution is 2.51. The molecule has 0 spiro atoms. The minimum absolute atomic E-state index is 0.814. The van der Waals surface area contributed by atoms with Gasteiger partial charge in [0.15, 0.2) is 0 Å². The van der Waals surface area contributed by atoms with Gasteiger partial charge in [-0.1, -0.05) is 133 Å². The molecule has 0 N–H and O–H groups in total. The Labute approximate surface area is 332 Å². The Hall–Kier alpha value is -7.82. The van der Waals surface area contributed by atoms with E-state index >= 15 is 0 Å². The van der Waals surface area contributed by atoms with Crippen molar-refractivity contribution >= 4 is 87.5 Å². The number of hydrogen-bond acceptors (Lipinski definition) is 2. The van der Waals surface area contributed by atoms with Crippen LogP contribution in [-0.2, 0) is 0 Å². The first kappa shape index (κ1) is 31.4. The van der Waals surface area contributed by atoms with Crippen molar-refractivity contribution in [3.05, 3.63) is 194 Å². The number of para-hydroxylation sites is 4. The number of hydrogen-bond donors (Lipinski definition) is 0. The van der Waals surface area contributed by atoms with Crippen LogP contribution in [0.5, 0.6) is 0 Å². The molecule has 58 heavy (non-hydrogen) atoms. The van der Waals surface area contributed by atoms with Crippen molar-refractivity contribution in [2.24, 2.45) is 0 Å². The molecule has 0 unspecified atom stereocenters. The molecular weight excluding hydrogens is 709 g/mol. The van der Waals surface area contributed by atoms with Gasteiger partial charge in [0.25, 0.3) is 0 Å². The quantitative estimate of drug-likeness (QED) is 0.180. The van der Waals surface area contributed by atoms with E-state index in [-0.39, 0.29) is 0 Å². The first-order chi connectivity index (χ1) is 28.8. The molecule has 0 radical (unpaired) electrons. The molecule has 4 heteroatoms. The second-order valence-electron chi connectivity index (χ2n) is 15.2. The molecule has 0 atom stereocenters. The van der Waals surface area contributed by atoms with Crippen molar-refractivity contribution in [3.8, 4) is 33.6 Å². The van der Waals surface area contributed by atoms with E-state index in [1.54, 1.807) is 0 Å². The number of rotatable bonds is 4. The molecule has 0 aliphatic rings. The molecule has 0 fully saturated rings. The summed E-state index contributed by atoms with van der Waals surface area (Å²) < 4.78 is 18.9. The summed E-state index contributed by atoms with van der Waals surface area (Å²) in [7, 11) is 0. The van der Waals surface area contributed by atoms with Crippen LogP contribution < -0.4 is 0 Å². The molecule has 13 aromatic rings. The van der Waals surface area contributed by atoms with E-state index in [0.717, 1.165) is 77.5 Å². The van der Waals surface area contributed by atoms with Gasteiger partial charge in [-0.3, -0.25) is 0 Å². The Morgan fingerprint density at radius 3 is 1.03 bits per heavy atom. The van der Waals surface area contributed by atoms with E-state index in [4.69, 9.17) is 8.83 Å². The Morgan fingerprint density at radius 1 is 0.293 bits per heavy atom. The second kappa shape index (κ2) is 11.8. The minimum atomic E-state index is 0.814. The summed E-state index contributed by atoms with van der Waals surface area (Å²) in [5, 5.41) is 9.18. The van der Waals surface area contributed by atoms with Crippen LogP contribution in [0.1, 0.15) is 0 Å².